The summed E-state index contributed by atoms with van der Waals surface area (Å²) in [7, 11) is 0. The molecule has 13 heavy (non-hydrogen) atoms. The van der Waals surface area contributed by atoms with Gasteiger partial charge in [0.25, 0.3) is 0 Å². The zero-order valence-corrected chi connectivity index (χ0v) is 8.61. The largest absolute Gasteiger partial charge is 0.365 e. The third-order valence-electron chi connectivity index (χ3n) is 1.80. The molecule has 1 aromatic carbocycles. The van der Waals surface area contributed by atoms with E-state index in [0.717, 1.165) is 5.69 Å². The smallest absolute Gasteiger partial charge is 0.118 e. The molecule has 0 atom stereocenters. The minimum Gasteiger partial charge on any atom is -0.365 e. The highest BCUT2D eigenvalue weighted by Gasteiger charge is 1.95. The lowest BCUT2D eigenvalue weighted by Gasteiger charge is -2.06. The Kier molecular flexibility index (Phi) is 3.62. The average molecular weight is 192 g/mol. The molecule has 2 nitrogen and oxygen atoms in total. The second-order valence-electron chi connectivity index (χ2n) is 2.90. The van der Waals surface area contributed by atoms with Crippen LogP contribution in [0.15, 0.2) is 23.2 Å². The van der Waals surface area contributed by atoms with Crippen LogP contribution in [0.3, 0.4) is 0 Å². The maximum atomic E-state index is 4.46. The first-order valence-corrected chi connectivity index (χ1v) is 4.49. The minimum atomic E-state index is 0.493. The number of nitrogens with zero attached hydrogens (tertiary/aromatic N) is 1. The topological polar surface area (TPSA) is 24.4 Å². The Morgan fingerprint density at radius 1 is 1.46 bits per heavy atom. The van der Waals surface area contributed by atoms with Gasteiger partial charge in [-0.25, -0.2) is 4.99 Å². The third kappa shape index (κ3) is 2.98. The summed E-state index contributed by atoms with van der Waals surface area (Å²) in [6.07, 6.45) is 0. The van der Waals surface area contributed by atoms with E-state index in [-0.39, 0.29) is 0 Å². The quantitative estimate of drug-likeness (QED) is 0.588. The normalized spacial score (nSPS) is 9.08. The van der Waals surface area contributed by atoms with Gasteiger partial charge in [-0.1, -0.05) is 17.7 Å². The summed E-state index contributed by atoms with van der Waals surface area (Å²) in [4.78, 5) is 3.78. The van der Waals surface area contributed by atoms with Crippen LogP contribution in [0.25, 0.3) is 0 Å². The monoisotopic (exact) mass is 192 g/mol. The highest BCUT2D eigenvalue weighted by molar-refractivity contribution is 7.78. The summed E-state index contributed by atoms with van der Waals surface area (Å²) in [5.41, 5.74) is 3.58. The van der Waals surface area contributed by atoms with Gasteiger partial charge < -0.3 is 5.32 Å². The number of isothiocyanates is 1. The van der Waals surface area contributed by atoms with Crippen LogP contribution in [-0.4, -0.2) is 11.8 Å². The molecule has 0 heterocycles. The van der Waals surface area contributed by atoms with Gasteiger partial charge in [0, 0.05) is 5.69 Å². The van der Waals surface area contributed by atoms with Crippen LogP contribution in [0, 0.1) is 13.8 Å². The molecule has 1 N–H and O–H groups in total. The first kappa shape index (κ1) is 9.90. The van der Waals surface area contributed by atoms with Crippen molar-refractivity contribution in [1.29, 1.82) is 0 Å². The molecule has 1 aromatic rings. The average Bonchev–Trinajstić information content (AvgIpc) is 2.09. The van der Waals surface area contributed by atoms with Gasteiger partial charge in [-0.2, -0.15) is 0 Å². The molecule has 0 aromatic heterocycles. The third-order valence-corrected chi connectivity index (χ3v) is 1.92. The van der Waals surface area contributed by atoms with E-state index < -0.39 is 0 Å². The fourth-order valence-corrected chi connectivity index (χ4v) is 1.23. The first-order chi connectivity index (χ1) is 6.24. The molecule has 0 unspecified atom stereocenters. The van der Waals surface area contributed by atoms with Crippen molar-refractivity contribution >= 4 is 23.1 Å². The van der Waals surface area contributed by atoms with E-state index in [4.69, 9.17) is 0 Å². The summed E-state index contributed by atoms with van der Waals surface area (Å²) in [5.74, 6) is 0. The van der Waals surface area contributed by atoms with Gasteiger partial charge in [-0.15, -0.1) is 0 Å². The molecular weight excluding hydrogens is 180 g/mol. The molecule has 68 valence electrons. The fourth-order valence-electron chi connectivity index (χ4n) is 1.17. The predicted octanol–water partition coefficient (Wildman–Crippen LogP) is 2.78. The van der Waals surface area contributed by atoms with E-state index in [1.165, 1.54) is 11.1 Å². The van der Waals surface area contributed by atoms with E-state index >= 15 is 0 Å². The van der Waals surface area contributed by atoms with E-state index in [2.05, 4.69) is 53.7 Å². The molecule has 0 saturated carbocycles. The molecule has 0 radical (unpaired) electrons. The summed E-state index contributed by atoms with van der Waals surface area (Å²) in [5, 5.41) is 5.46. The highest BCUT2D eigenvalue weighted by Crippen LogP contribution is 2.15. The molecule has 0 aliphatic carbocycles. The number of rotatable bonds is 3. The van der Waals surface area contributed by atoms with Crippen molar-refractivity contribution in [2.45, 2.75) is 13.8 Å². The van der Waals surface area contributed by atoms with Crippen LogP contribution in [-0.2, 0) is 0 Å². The van der Waals surface area contributed by atoms with Crippen LogP contribution in [0.4, 0.5) is 5.69 Å². The molecule has 0 fully saturated rings. The molecule has 0 aliphatic rings. The molecule has 0 spiro atoms. The van der Waals surface area contributed by atoms with Crippen LogP contribution in [0.5, 0.6) is 0 Å². The molecule has 3 heteroatoms. The minimum absolute atomic E-state index is 0.493. The summed E-state index contributed by atoms with van der Waals surface area (Å²) < 4.78 is 0. The zero-order valence-electron chi connectivity index (χ0n) is 7.79. The molecule has 1 rings (SSSR count). The van der Waals surface area contributed by atoms with Crippen LogP contribution < -0.4 is 5.32 Å². The molecule has 0 saturated heterocycles. The first-order valence-electron chi connectivity index (χ1n) is 4.09. The number of aryl methyl sites for hydroxylation is 2. The molecule has 0 aliphatic heterocycles. The van der Waals surface area contributed by atoms with Crippen molar-refractivity contribution in [3.8, 4) is 0 Å². The maximum absolute atomic E-state index is 4.46. The van der Waals surface area contributed by atoms with Gasteiger partial charge >= 0.3 is 0 Å². The number of anilines is 1. The fraction of sp³-hybridized carbons (Fsp3) is 0.300. The Balaban J connectivity index is 2.71. The number of aliphatic imine (C=N–C) groups is 1. The highest BCUT2D eigenvalue weighted by atomic mass is 32.1. The van der Waals surface area contributed by atoms with Crippen molar-refractivity contribution in [3.63, 3.8) is 0 Å². The van der Waals surface area contributed by atoms with Gasteiger partial charge in [0.1, 0.15) is 6.67 Å². The number of benzene rings is 1. The number of nitrogens with one attached hydrogen (secondary N) is 1. The van der Waals surface area contributed by atoms with Crippen molar-refractivity contribution in [2.75, 3.05) is 12.0 Å². The number of hydrogen-bond acceptors (Lipinski definition) is 3. The number of thiocarbonyl (C=S) groups is 1. The summed E-state index contributed by atoms with van der Waals surface area (Å²) in [6.45, 7) is 4.63. The van der Waals surface area contributed by atoms with Crippen molar-refractivity contribution in [3.05, 3.63) is 29.3 Å². The van der Waals surface area contributed by atoms with Gasteiger partial charge in [0.2, 0.25) is 0 Å². The lowest BCUT2D eigenvalue weighted by Crippen LogP contribution is -1.99. The van der Waals surface area contributed by atoms with Crippen LogP contribution in [0.2, 0.25) is 0 Å². The second-order valence-corrected chi connectivity index (χ2v) is 3.09. The van der Waals surface area contributed by atoms with Crippen molar-refractivity contribution in [1.82, 2.24) is 0 Å². The summed E-state index contributed by atoms with van der Waals surface area (Å²) >= 11 is 4.46. The zero-order chi connectivity index (χ0) is 9.68. The van der Waals surface area contributed by atoms with Gasteiger partial charge in [-0.05, 0) is 37.7 Å². The predicted molar refractivity (Wildman–Crippen MR) is 59.4 cm³/mol. The van der Waals surface area contributed by atoms with Crippen molar-refractivity contribution in [2.24, 2.45) is 4.99 Å². The Morgan fingerprint density at radius 2 is 2.23 bits per heavy atom. The van der Waals surface area contributed by atoms with Gasteiger partial charge in [0.15, 0.2) is 0 Å². The van der Waals surface area contributed by atoms with Gasteiger partial charge in [0.05, 0.1) is 5.16 Å². The number of hydrogen-bond donors (Lipinski definition) is 1. The standard InChI is InChI=1S/C10H12N2S/c1-8-3-4-10(9(2)5-8)12-6-11-7-13/h3-5,12H,6H2,1-2H3. The molecule has 0 amide bonds. The molecule has 0 bridgehead atoms. The second kappa shape index (κ2) is 4.75. The Labute approximate surface area is 83.7 Å². The van der Waals surface area contributed by atoms with E-state index in [9.17, 15) is 0 Å². The summed E-state index contributed by atoms with van der Waals surface area (Å²) in [6, 6.07) is 6.24. The lowest BCUT2D eigenvalue weighted by molar-refractivity contribution is 1.14. The van der Waals surface area contributed by atoms with Crippen molar-refractivity contribution < 1.29 is 0 Å². The van der Waals surface area contributed by atoms with E-state index in [0.29, 0.717) is 6.67 Å². The van der Waals surface area contributed by atoms with E-state index in [1.807, 2.05) is 6.07 Å². The molecular formula is C10H12N2S. The van der Waals surface area contributed by atoms with Crippen LogP contribution in [0.1, 0.15) is 11.1 Å². The Hall–Kier alpha value is -1.18. The Bertz CT molecular complexity index is 341. The maximum Gasteiger partial charge on any atom is 0.118 e. The Morgan fingerprint density at radius 3 is 2.85 bits per heavy atom. The van der Waals surface area contributed by atoms with E-state index in [1.54, 1.807) is 0 Å². The lowest BCUT2D eigenvalue weighted by atomic mass is 10.1. The van der Waals surface area contributed by atoms with Crippen LogP contribution >= 0.6 is 12.2 Å². The SMILES string of the molecule is Cc1ccc(NCN=C=S)c(C)c1. The van der Waals surface area contributed by atoms with Gasteiger partial charge in [-0.3, -0.25) is 0 Å².